The lowest BCUT2D eigenvalue weighted by molar-refractivity contribution is -0.233. The molecule has 4 aliphatic rings. The van der Waals surface area contributed by atoms with Gasteiger partial charge in [-0.2, -0.15) is 0 Å². The fraction of sp³-hybridized carbons (Fsp3) is 0.733. The third-order valence-corrected chi connectivity index (χ3v) is 7.75. The van der Waals surface area contributed by atoms with Gasteiger partial charge in [-0.3, -0.25) is 9.59 Å². The molecule has 4 rings (SSSR count). The molecule has 0 spiro atoms. The second-order valence-corrected chi connectivity index (χ2v) is 13.7. The Morgan fingerprint density at radius 3 is 1.37 bits per heavy atom. The first-order valence-corrected chi connectivity index (χ1v) is 13.5. The molecule has 0 atom stereocenters. The summed E-state index contributed by atoms with van der Waals surface area (Å²) in [5.74, 6) is -0.936. The van der Waals surface area contributed by atoms with Gasteiger partial charge in [-0.05, 0) is 57.8 Å². The van der Waals surface area contributed by atoms with Gasteiger partial charge in [0, 0.05) is 28.4 Å². The van der Waals surface area contributed by atoms with Crippen LogP contribution in [0.5, 0.6) is 0 Å². The van der Waals surface area contributed by atoms with Crippen molar-refractivity contribution in [3.05, 3.63) is 24.3 Å². The SMILES string of the molecule is C=C(C)C(=O)OCC(C)(C)CC(=O)OC12CC3CC(C1)CC(OC(=O)CC(C)(C)COC(=O)C(=C)C)(C3)C2. The summed E-state index contributed by atoms with van der Waals surface area (Å²) >= 11 is 0. The van der Waals surface area contributed by atoms with Crippen molar-refractivity contribution in [3.63, 3.8) is 0 Å². The van der Waals surface area contributed by atoms with Gasteiger partial charge < -0.3 is 18.9 Å². The van der Waals surface area contributed by atoms with Crippen molar-refractivity contribution in [2.45, 2.75) is 104 Å². The second kappa shape index (κ2) is 10.9. The Morgan fingerprint density at radius 1 is 0.711 bits per heavy atom. The smallest absolute Gasteiger partial charge is 0.333 e. The average molecular weight is 533 g/mol. The molecule has 212 valence electrons. The summed E-state index contributed by atoms with van der Waals surface area (Å²) in [7, 11) is 0. The summed E-state index contributed by atoms with van der Waals surface area (Å²) in [4.78, 5) is 49.7. The summed E-state index contributed by atoms with van der Waals surface area (Å²) in [6, 6.07) is 0. The van der Waals surface area contributed by atoms with E-state index in [1.54, 1.807) is 13.8 Å². The van der Waals surface area contributed by atoms with Crippen LogP contribution in [-0.4, -0.2) is 48.3 Å². The van der Waals surface area contributed by atoms with E-state index in [1.807, 2.05) is 27.7 Å². The van der Waals surface area contributed by atoms with Crippen LogP contribution in [-0.2, 0) is 38.1 Å². The first-order valence-electron chi connectivity index (χ1n) is 13.5. The highest BCUT2D eigenvalue weighted by atomic mass is 16.6. The quantitative estimate of drug-likeness (QED) is 0.191. The summed E-state index contributed by atoms with van der Waals surface area (Å²) < 4.78 is 22.9. The molecule has 0 saturated heterocycles. The van der Waals surface area contributed by atoms with E-state index in [-0.39, 0.29) is 38.0 Å². The first kappa shape index (κ1) is 29.9. The largest absolute Gasteiger partial charge is 0.462 e. The zero-order valence-corrected chi connectivity index (χ0v) is 23.9. The molecular weight excluding hydrogens is 488 g/mol. The van der Waals surface area contributed by atoms with E-state index in [2.05, 4.69) is 13.2 Å². The Labute approximate surface area is 226 Å². The molecule has 0 aliphatic heterocycles. The van der Waals surface area contributed by atoms with Crippen LogP contribution >= 0.6 is 0 Å². The van der Waals surface area contributed by atoms with Crippen molar-refractivity contribution in [3.8, 4) is 0 Å². The van der Waals surface area contributed by atoms with E-state index in [1.165, 1.54) is 0 Å². The van der Waals surface area contributed by atoms with Gasteiger partial charge in [0.05, 0.1) is 26.1 Å². The van der Waals surface area contributed by atoms with E-state index in [0.29, 0.717) is 29.4 Å². The van der Waals surface area contributed by atoms with Crippen molar-refractivity contribution >= 4 is 23.9 Å². The van der Waals surface area contributed by atoms with Crippen LogP contribution in [0.1, 0.15) is 92.9 Å². The van der Waals surface area contributed by atoms with Gasteiger partial charge in [0.2, 0.25) is 0 Å². The normalized spacial score (nSPS) is 27.8. The van der Waals surface area contributed by atoms with Crippen LogP contribution in [0, 0.1) is 22.7 Å². The zero-order chi connectivity index (χ0) is 28.5. The third-order valence-electron chi connectivity index (χ3n) is 7.75. The zero-order valence-electron chi connectivity index (χ0n) is 23.9. The van der Waals surface area contributed by atoms with Gasteiger partial charge in [-0.25, -0.2) is 9.59 Å². The van der Waals surface area contributed by atoms with E-state index >= 15 is 0 Å². The molecule has 4 fully saturated rings. The van der Waals surface area contributed by atoms with Crippen LogP contribution in [0.25, 0.3) is 0 Å². The predicted octanol–water partition coefficient (Wildman–Crippen LogP) is 5.24. The van der Waals surface area contributed by atoms with Crippen LogP contribution < -0.4 is 0 Å². The van der Waals surface area contributed by atoms with E-state index in [9.17, 15) is 19.2 Å². The van der Waals surface area contributed by atoms with Crippen molar-refractivity contribution in [1.82, 2.24) is 0 Å². The van der Waals surface area contributed by atoms with E-state index in [4.69, 9.17) is 18.9 Å². The van der Waals surface area contributed by atoms with Crippen LogP contribution in [0.3, 0.4) is 0 Å². The molecule has 0 aromatic heterocycles. The standard InChI is InChI=1S/C30H44O8/c1-19(2)25(33)35-17-27(5,6)14-23(31)37-29-10-21-9-22(11-29)13-30(12-21,16-29)38-24(32)15-28(7,8)18-36-26(34)20(3)4/h21-22H,1,3,9-18H2,2,4-8H3. The molecule has 0 unspecified atom stereocenters. The maximum atomic E-state index is 13.1. The lowest BCUT2D eigenvalue weighted by atomic mass is 9.52. The third kappa shape index (κ3) is 7.70. The first-order chi connectivity index (χ1) is 17.4. The maximum Gasteiger partial charge on any atom is 0.333 e. The van der Waals surface area contributed by atoms with Crippen molar-refractivity contribution in [2.75, 3.05) is 13.2 Å². The molecule has 0 N–H and O–H groups in total. The van der Waals surface area contributed by atoms with Gasteiger partial charge >= 0.3 is 23.9 Å². The highest BCUT2D eigenvalue weighted by Gasteiger charge is 2.61. The number of carbonyl (C=O) groups excluding carboxylic acids is 4. The molecule has 8 nitrogen and oxygen atoms in total. The maximum absolute atomic E-state index is 13.1. The molecule has 38 heavy (non-hydrogen) atoms. The minimum absolute atomic E-state index is 0.0884. The molecule has 0 heterocycles. The van der Waals surface area contributed by atoms with E-state index < -0.39 is 34.0 Å². The minimum atomic E-state index is -0.640. The molecule has 4 bridgehead atoms. The Morgan fingerprint density at radius 2 is 1.05 bits per heavy atom. The molecule has 0 amide bonds. The van der Waals surface area contributed by atoms with Crippen molar-refractivity contribution in [2.24, 2.45) is 22.7 Å². The lowest BCUT2D eigenvalue weighted by Crippen LogP contribution is -2.62. The number of carbonyl (C=O) groups is 4. The van der Waals surface area contributed by atoms with Gasteiger partial charge in [0.25, 0.3) is 0 Å². The Hall–Kier alpha value is -2.64. The number of rotatable bonds is 12. The average Bonchev–Trinajstić information content (AvgIpc) is 2.72. The van der Waals surface area contributed by atoms with E-state index in [0.717, 1.165) is 32.1 Å². The van der Waals surface area contributed by atoms with Crippen molar-refractivity contribution < 1.29 is 38.1 Å². The highest BCUT2D eigenvalue weighted by molar-refractivity contribution is 5.87. The predicted molar refractivity (Wildman–Crippen MR) is 141 cm³/mol. The molecular formula is C30H44O8. The fourth-order valence-electron chi connectivity index (χ4n) is 6.54. The summed E-state index contributed by atoms with van der Waals surface area (Å²) in [5.41, 5.74) is -1.83. The van der Waals surface area contributed by atoms with Crippen molar-refractivity contribution in [1.29, 1.82) is 0 Å². The number of esters is 4. The molecule has 0 radical (unpaired) electrons. The monoisotopic (exact) mass is 532 g/mol. The fourth-order valence-corrected chi connectivity index (χ4v) is 6.54. The Kier molecular flexibility index (Phi) is 8.54. The van der Waals surface area contributed by atoms with Gasteiger partial charge in [-0.1, -0.05) is 40.9 Å². The Balaban J connectivity index is 1.61. The second-order valence-electron chi connectivity index (χ2n) is 13.7. The number of hydrogen-bond acceptors (Lipinski definition) is 8. The summed E-state index contributed by atoms with van der Waals surface area (Å²) in [5, 5.41) is 0. The van der Waals surface area contributed by atoms with Crippen LogP contribution in [0.4, 0.5) is 0 Å². The molecule has 4 aliphatic carbocycles. The number of ether oxygens (including phenoxy) is 4. The van der Waals surface area contributed by atoms with Gasteiger partial charge in [0.15, 0.2) is 0 Å². The molecule has 4 saturated carbocycles. The topological polar surface area (TPSA) is 105 Å². The minimum Gasteiger partial charge on any atom is -0.462 e. The van der Waals surface area contributed by atoms with Crippen LogP contribution in [0.15, 0.2) is 24.3 Å². The van der Waals surface area contributed by atoms with Gasteiger partial charge in [0.1, 0.15) is 11.2 Å². The summed E-state index contributed by atoms with van der Waals surface area (Å²) in [6.07, 6.45) is 4.90. The summed E-state index contributed by atoms with van der Waals surface area (Å²) in [6.45, 7) is 17.9. The van der Waals surface area contributed by atoms with Gasteiger partial charge in [-0.15, -0.1) is 0 Å². The Bertz CT molecular complexity index is 914. The number of hydrogen-bond donors (Lipinski definition) is 0. The molecule has 0 aromatic carbocycles. The lowest BCUT2D eigenvalue weighted by Gasteiger charge is -2.60. The van der Waals surface area contributed by atoms with Crippen LogP contribution in [0.2, 0.25) is 0 Å². The molecule has 8 heteroatoms. The highest BCUT2D eigenvalue weighted by Crippen LogP contribution is 2.60. The molecule has 0 aromatic rings.